The van der Waals surface area contributed by atoms with E-state index in [2.05, 4.69) is 15.3 Å². The topological polar surface area (TPSA) is 78.1 Å². The Morgan fingerprint density at radius 2 is 2.17 bits per heavy atom. The number of piperazine rings is 1. The molecule has 23 heavy (non-hydrogen) atoms. The summed E-state index contributed by atoms with van der Waals surface area (Å²) in [5, 5.41) is 3.84. The van der Waals surface area contributed by atoms with Crippen molar-refractivity contribution in [1.82, 2.24) is 20.2 Å². The zero-order valence-corrected chi connectivity index (χ0v) is 13.9. The second-order valence-corrected chi connectivity index (χ2v) is 5.67. The number of amides is 1. The zero-order chi connectivity index (χ0) is 15.5. The number of rotatable bonds is 3. The van der Waals surface area contributed by atoms with Gasteiger partial charge in [-0.3, -0.25) is 9.59 Å². The third-order valence-electron chi connectivity index (χ3n) is 4.06. The average molecular weight is 337 g/mol. The second-order valence-electron chi connectivity index (χ2n) is 5.67. The Kier molecular flexibility index (Phi) is 5.74. The van der Waals surface area contributed by atoms with Crippen molar-refractivity contribution >= 4 is 29.2 Å². The summed E-state index contributed by atoms with van der Waals surface area (Å²) in [5.74, 6) is 0.685. The van der Waals surface area contributed by atoms with Gasteiger partial charge in [0.05, 0.1) is 10.9 Å². The first-order valence-electron chi connectivity index (χ1n) is 7.63. The molecule has 0 unspecified atom stereocenters. The van der Waals surface area contributed by atoms with E-state index in [1.54, 1.807) is 6.07 Å². The maximum atomic E-state index is 12.3. The summed E-state index contributed by atoms with van der Waals surface area (Å²) in [6.07, 6.45) is 0.821. The number of benzene rings is 1. The number of carbonyl (C=O) groups is 1. The van der Waals surface area contributed by atoms with Gasteiger partial charge in [0.25, 0.3) is 5.56 Å². The van der Waals surface area contributed by atoms with Crippen molar-refractivity contribution in [2.75, 3.05) is 19.6 Å². The average Bonchev–Trinajstić information content (AvgIpc) is 2.53. The van der Waals surface area contributed by atoms with E-state index in [0.717, 1.165) is 19.6 Å². The zero-order valence-electron chi connectivity index (χ0n) is 13.0. The molecule has 2 heterocycles. The van der Waals surface area contributed by atoms with E-state index >= 15 is 0 Å². The van der Waals surface area contributed by atoms with Gasteiger partial charge in [0.2, 0.25) is 5.91 Å². The minimum Gasteiger partial charge on any atom is -0.337 e. The lowest BCUT2D eigenvalue weighted by molar-refractivity contribution is -0.133. The Morgan fingerprint density at radius 3 is 2.96 bits per heavy atom. The smallest absolute Gasteiger partial charge is 0.258 e. The van der Waals surface area contributed by atoms with E-state index in [1.807, 2.05) is 30.0 Å². The lowest BCUT2D eigenvalue weighted by Gasteiger charge is -2.34. The third kappa shape index (κ3) is 3.89. The van der Waals surface area contributed by atoms with Crippen molar-refractivity contribution in [3.05, 3.63) is 40.4 Å². The van der Waals surface area contributed by atoms with Gasteiger partial charge in [-0.15, -0.1) is 12.4 Å². The molecule has 2 N–H and O–H groups in total. The van der Waals surface area contributed by atoms with Crippen LogP contribution in [0.25, 0.3) is 10.9 Å². The first-order chi connectivity index (χ1) is 10.6. The number of H-pyrrole nitrogens is 1. The fraction of sp³-hybridized carbons (Fsp3) is 0.438. The minimum atomic E-state index is -0.149. The van der Waals surface area contributed by atoms with E-state index < -0.39 is 0 Å². The number of para-hydroxylation sites is 1. The number of halogens is 1. The lowest BCUT2D eigenvalue weighted by atomic mass is 10.1. The van der Waals surface area contributed by atoms with Crippen LogP contribution in [-0.2, 0) is 11.2 Å². The Balaban J connectivity index is 0.00000192. The van der Waals surface area contributed by atoms with Crippen molar-refractivity contribution in [3.8, 4) is 0 Å². The van der Waals surface area contributed by atoms with Crippen LogP contribution in [0.1, 0.15) is 19.2 Å². The Bertz CT molecular complexity index is 746. The fourth-order valence-electron chi connectivity index (χ4n) is 2.83. The Hall–Kier alpha value is -1.92. The largest absolute Gasteiger partial charge is 0.337 e. The van der Waals surface area contributed by atoms with Crippen LogP contribution >= 0.6 is 12.4 Å². The van der Waals surface area contributed by atoms with Gasteiger partial charge in [-0.05, 0) is 19.1 Å². The van der Waals surface area contributed by atoms with Crippen LogP contribution in [0.3, 0.4) is 0 Å². The molecule has 0 aliphatic carbocycles. The number of nitrogens with zero attached hydrogens (tertiary/aromatic N) is 2. The van der Waals surface area contributed by atoms with Gasteiger partial charge in [-0.25, -0.2) is 4.98 Å². The van der Waals surface area contributed by atoms with Crippen LogP contribution < -0.4 is 10.9 Å². The molecule has 1 aliphatic rings. The molecule has 1 aliphatic heterocycles. The highest BCUT2D eigenvalue weighted by Gasteiger charge is 2.22. The van der Waals surface area contributed by atoms with Crippen molar-refractivity contribution in [2.24, 2.45) is 0 Å². The van der Waals surface area contributed by atoms with Crippen LogP contribution in [0.5, 0.6) is 0 Å². The summed E-state index contributed by atoms with van der Waals surface area (Å²) in [6.45, 7) is 4.44. The summed E-state index contributed by atoms with van der Waals surface area (Å²) in [4.78, 5) is 33.4. The first kappa shape index (κ1) is 17.4. The molecule has 1 saturated heterocycles. The van der Waals surface area contributed by atoms with Gasteiger partial charge < -0.3 is 15.2 Å². The lowest BCUT2D eigenvalue weighted by Crippen LogP contribution is -2.52. The highest BCUT2D eigenvalue weighted by molar-refractivity contribution is 5.85. The quantitative estimate of drug-likeness (QED) is 0.879. The number of hydrogen-bond donors (Lipinski definition) is 2. The SMILES string of the molecule is C[C@@H]1CNCCN1C(=O)CCc1nc2ccccc2c(=O)[nH]1.Cl. The molecule has 2 aromatic rings. The number of carbonyl (C=O) groups excluding carboxylic acids is 1. The number of aromatic amines is 1. The van der Waals surface area contributed by atoms with Crippen molar-refractivity contribution < 1.29 is 4.79 Å². The van der Waals surface area contributed by atoms with Crippen LogP contribution in [0.2, 0.25) is 0 Å². The fourth-order valence-corrected chi connectivity index (χ4v) is 2.83. The molecule has 1 aromatic heterocycles. The maximum absolute atomic E-state index is 12.3. The molecule has 1 amide bonds. The summed E-state index contributed by atoms with van der Waals surface area (Å²) < 4.78 is 0. The molecule has 1 atom stereocenters. The number of aromatic nitrogens is 2. The van der Waals surface area contributed by atoms with Gasteiger partial charge >= 0.3 is 0 Å². The van der Waals surface area contributed by atoms with Crippen LogP contribution in [0.15, 0.2) is 29.1 Å². The molecule has 7 heteroatoms. The van der Waals surface area contributed by atoms with Crippen molar-refractivity contribution in [1.29, 1.82) is 0 Å². The maximum Gasteiger partial charge on any atom is 0.258 e. The molecule has 0 saturated carbocycles. The van der Waals surface area contributed by atoms with Gasteiger partial charge in [-0.2, -0.15) is 0 Å². The molecule has 1 fully saturated rings. The van der Waals surface area contributed by atoms with E-state index in [0.29, 0.717) is 29.6 Å². The van der Waals surface area contributed by atoms with Gasteiger partial charge in [0.1, 0.15) is 5.82 Å². The predicted molar refractivity (Wildman–Crippen MR) is 92.0 cm³/mol. The Labute approximate surface area is 140 Å². The highest BCUT2D eigenvalue weighted by atomic mass is 35.5. The van der Waals surface area contributed by atoms with E-state index in [9.17, 15) is 9.59 Å². The second kappa shape index (κ2) is 7.57. The molecule has 124 valence electrons. The van der Waals surface area contributed by atoms with Crippen LogP contribution in [-0.4, -0.2) is 46.5 Å². The van der Waals surface area contributed by atoms with Crippen molar-refractivity contribution in [2.45, 2.75) is 25.8 Å². The molecular formula is C16H21ClN4O2. The summed E-state index contributed by atoms with van der Waals surface area (Å²) >= 11 is 0. The molecule has 0 bridgehead atoms. The normalized spacial score (nSPS) is 17.8. The molecule has 0 radical (unpaired) electrons. The summed E-state index contributed by atoms with van der Waals surface area (Å²) in [7, 11) is 0. The first-order valence-corrected chi connectivity index (χ1v) is 7.63. The van der Waals surface area contributed by atoms with E-state index in [-0.39, 0.29) is 29.9 Å². The van der Waals surface area contributed by atoms with Crippen molar-refractivity contribution in [3.63, 3.8) is 0 Å². The molecule has 1 aromatic carbocycles. The summed E-state index contributed by atoms with van der Waals surface area (Å²) in [5.41, 5.74) is 0.521. The van der Waals surface area contributed by atoms with Gasteiger partial charge in [0, 0.05) is 38.5 Å². The standard InChI is InChI=1S/C16H20N4O2.ClH/c1-11-10-17-8-9-20(11)15(21)7-6-14-18-13-5-3-2-4-12(13)16(22)19-14;/h2-5,11,17H,6-10H2,1H3,(H,18,19,22);1H/t11-;/m1./s1. The minimum absolute atomic E-state index is 0. The number of hydrogen-bond acceptors (Lipinski definition) is 4. The Morgan fingerprint density at radius 1 is 1.39 bits per heavy atom. The van der Waals surface area contributed by atoms with E-state index in [1.165, 1.54) is 0 Å². The monoisotopic (exact) mass is 336 g/mol. The van der Waals surface area contributed by atoms with E-state index in [4.69, 9.17) is 0 Å². The molecule has 0 spiro atoms. The van der Waals surface area contributed by atoms with Crippen LogP contribution in [0, 0.1) is 0 Å². The molecular weight excluding hydrogens is 316 g/mol. The number of aryl methyl sites for hydroxylation is 1. The summed E-state index contributed by atoms with van der Waals surface area (Å²) in [6, 6.07) is 7.44. The predicted octanol–water partition coefficient (Wildman–Crippen LogP) is 1.10. The highest BCUT2D eigenvalue weighted by Crippen LogP contribution is 2.09. The number of fused-ring (bicyclic) bond motifs is 1. The molecule has 3 rings (SSSR count). The molecule has 6 nitrogen and oxygen atoms in total. The third-order valence-corrected chi connectivity index (χ3v) is 4.06. The van der Waals surface area contributed by atoms with Crippen LogP contribution in [0.4, 0.5) is 0 Å². The van der Waals surface area contributed by atoms with Gasteiger partial charge in [-0.1, -0.05) is 12.1 Å². The number of nitrogens with one attached hydrogen (secondary N) is 2. The van der Waals surface area contributed by atoms with Gasteiger partial charge in [0.15, 0.2) is 0 Å².